The van der Waals surface area contributed by atoms with Crippen molar-refractivity contribution in [3.8, 4) is 11.5 Å². The molecule has 3 rings (SSSR count). The summed E-state index contributed by atoms with van der Waals surface area (Å²) in [6.07, 6.45) is 0.686. The summed E-state index contributed by atoms with van der Waals surface area (Å²) in [7, 11) is 3.11. The van der Waals surface area contributed by atoms with Crippen LogP contribution in [-0.4, -0.2) is 48.0 Å². The van der Waals surface area contributed by atoms with Crippen LogP contribution in [0.5, 0.6) is 11.5 Å². The Morgan fingerprint density at radius 2 is 1.93 bits per heavy atom. The lowest BCUT2D eigenvalue weighted by Crippen LogP contribution is -2.40. The number of ether oxygens (including phenoxy) is 3. The maximum absolute atomic E-state index is 13.1. The Balaban J connectivity index is 2.16. The second-order valence-electron chi connectivity index (χ2n) is 6.35. The first-order chi connectivity index (χ1) is 13.5. The third kappa shape index (κ3) is 3.37. The van der Waals surface area contributed by atoms with E-state index in [1.165, 1.54) is 11.8 Å². The molecule has 2 heterocycles. The number of hydrogen-bond donors (Lipinski definition) is 0. The van der Waals surface area contributed by atoms with E-state index in [1.54, 1.807) is 45.1 Å². The van der Waals surface area contributed by atoms with Crippen LogP contribution in [0.3, 0.4) is 0 Å². The normalized spacial score (nSPS) is 21.4. The molecule has 0 N–H and O–H groups in total. The molecular weight excluding hydrogens is 380 g/mol. The monoisotopic (exact) mass is 404 g/mol. The molecule has 2 atom stereocenters. The molecule has 1 fully saturated rings. The fourth-order valence-corrected chi connectivity index (χ4v) is 4.53. The SMILES string of the molecule is CCOC(=O)C1=C(C)N=C2S[C@@H](CC)C(=O)N2[C@H]1c1ccc(OC)c(OC)c1. The first-order valence-corrected chi connectivity index (χ1v) is 10.0. The molecule has 28 heavy (non-hydrogen) atoms. The number of fused-ring (bicyclic) bond motifs is 1. The molecule has 1 saturated heterocycles. The molecule has 0 spiro atoms. The highest BCUT2D eigenvalue weighted by Gasteiger charge is 2.47. The fraction of sp³-hybridized carbons (Fsp3) is 0.450. The van der Waals surface area contributed by atoms with E-state index in [1.807, 2.05) is 13.0 Å². The van der Waals surface area contributed by atoms with Gasteiger partial charge in [-0.2, -0.15) is 0 Å². The molecule has 0 bridgehead atoms. The molecule has 0 aliphatic carbocycles. The van der Waals surface area contributed by atoms with E-state index in [-0.39, 0.29) is 17.8 Å². The minimum absolute atomic E-state index is 0.0552. The number of carbonyl (C=O) groups is 2. The number of carbonyl (C=O) groups excluding carboxylic acids is 2. The van der Waals surface area contributed by atoms with Gasteiger partial charge in [-0.05, 0) is 38.0 Å². The Bertz CT molecular complexity index is 864. The largest absolute Gasteiger partial charge is 0.493 e. The van der Waals surface area contributed by atoms with Crippen LogP contribution in [-0.2, 0) is 14.3 Å². The van der Waals surface area contributed by atoms with Crippen LogP contribution >= 0.6 is 11.8 Å². The zero-order valence-corrected chi connectivity index (χ0v) is 17.5. The van der Waals surface area contributed by atoms with Crippen LogP contribution in [0, 0.1) is 0 Å². The number of amides is 1. The number of esters is 1. The smallest absolute Gasteiger partial charge is 0.338 e. The van der Waals surface area contributed by atoms with Crippen molar-refractivity contribution in [2.45, 2.75) is 38.5 Å². The fourth-order valence-electron chi connectivity index (χ4n) is 3.40. The number of methoxy groups -OCH3 is 2. The predicted octanol–water partition coefficient (Wildman–Crippen LogP) is 3.31. The molecule has 0 aromatic heterocycles. The van der Waals surface area contributed by atoms with E-state index in [9.17, 15) is 9.59 Å². The van der Waals surface area contributed by atoms with Crippen molar-refractivity contribution in [3.05, 3.63) is 35.0 Å². The Morgan fingerprint density at radius 1 is 1.21 bits per heavy atom. The van der Waals surface area contributed by atoms with Gasteiger partial charge in [0.25, 0.3) is 0 Å². The van der Waals surface area contributed by atoms with Gasteiger partial charge in [0.15, 0.2) is 16.7 Å². The summed E-state index contributed by atoms with van der Waals surface area (Å²) in [5.74, 6) is 0.569. The quantitative estimate of drug-likeness (QED) is 0.677. The van der Waals surface area contributed by atoms with Crippen molar-refractivity contribution >= 4 is 28.8 Å². The van der Waals surface area contributed by atoms with E-state index in [4.69, 9.17) is 14.2 Å². The van der Waals surface area contributed by atoms with Gasteiger partial charge in [0.1, 0.15) is 0 Å². The van der Waals surface area contributed by atoms with E-state index >= 15 is 0 Å². The summed E-state index contributed by atoms with van der Waals surface area (Å²) in [4.78, 5) is 32.0. The van der Waals surface area contributed by atoms with Crippen LogP contribution in [0.25, 0.3) is 0 Å². The highest BCUT2D eigenvalue weighted by Crippen LogP contribution is 2.45. The highest BCUT2D eigenvalue weighted by atomic mass is 32.2. The molecule has 0 radical (unpaired) electrons. The van der Waals surface area contributed by atoms with E-state index < -0.39 is 12.0 Å². The van der Waals surface area contributed by atoms with E-state index in [0.717, 1.165) is 5.56 Å². The van der Waals surface area contributed by atoms with Gasteiger partial charge in [-0.3, -0.25) is 9.69 Å². The molecular formula is C20H24N2O5S. The average molecular weight is 404 g/mol. The summed E-state index contributed by atoms with van der Waals surface area (Å²) in [6.45, 7) is 5.73. The zero-order chi connectivity index (χ0) is 20.4. The predicted molar refractivity (Wildman–Crippen MR) is 108 cm³/mol. The van der Waals surface area contributed by atoms with E-state index in [2.05, 4.69) is 4.99 Å². The van der Waals surface area contributed by atoms with Crippen LogP contribution in [0.15, 0.2) is 34.5 Å². The van der Waals surface area contributed by atoms with Gasteiger partial charge in [-0.25, -0.2) is 9.79 Å². The lowest BCUT2D eigenvalue weighted by molar-refractivity contribution is -0.139. The lowest BCUT2D eigenvalue weighted by atomic mass is 9.94. The van der Waals surface area contributed by atoms with Gasteiger partial charge in [0.05, 0.1) is 43.4 Å². The van der Waals surface area contributed by atoms with Crippen LogP contribution < -0.4 is 9.47 Å². The molecule has 0 unspecified atom stereocenters. The van der Waals surface area contributed by atoms with Gasteiger partial charge in [-0.1, -0.05) is 24.8 Å². The number of allylic oxidation sites excluding steroid dienone is 1. The molecule has 8 heteroatoms. The average Bonchev–Trinajstić information content (AvgIpc) is 3.01. The summed E-state index contributed by atoms with van der Waals surface area (Å²) < 4.78 is 16.0. The van der Waals surface area contributed by atoms with Crippen molar-refractivity contribution in [2.75, 3.05) is 20.8 Å². The first-order valence-electron chi connectivity index (χ1n) is 9.14. The molecule has 2 aliphatic rings. The van der Waals surface area contributed by atoms with Gasteiger partial charge in [0, 0.05) is 0 Å². The number of amidine groups is 1. The second-order valence-corrected chi connectivity index (χ2v) is 7.52. The number of rotatable bonds is 6. The Labute approximate surface area is 168 Å². The molecule has 2 aliphatic heterocycles. The van der Waals surface area contributed by atoms with Crippen molar-refractivity contribution in [2.24, 2.45) is 4.99 Å². The molecule has 0 saturated carbocycles. The van der Waals surface area contributed by atoms with Gasteiger partial charge >= 0.3 is 5.97 Å². The maximum Gasteiger partial charge on any atom is 0.338 e. The summed E-state index contributed by atoms with van der Waals surface area (Å²) in [6, 6.07) is 4.76. The standard InChI is InChI=1S/C20H24N2O5S/c1-6-15-18(23)22-17(12-8-9-13(25-4)14(10-12)26-5)16(19(24)27-7-2)11(3)21-20(22)28-15/h8-10,15,17H,6-7H2,1-5H3/t15-,17-/m0/s1. The van der Waals surface area contributed by atoms with Crippen LogP contribution in [0.1, 0.15) is 38.8 Å². The maximum atomic E-state index is 13.1. The molecule has 1 amide bonds. The third-order valence-electron chi connectivity index (χ3n) is 4.74. The number of thioether (sulfide) groups is 1. The number of nitrogens with zero attached hydrogens (tertiary/aromatic N) is 2. The van der Waals surface area contributed by atoms with E-state index in [0.29, 0.717) is 34.4 Å². The summed E-state index contributed by atoms with van der Waals surface area (Å²) in [5, 5.41) is 0.401. The molecule has 1 aromatic rings. The third-order valence-corrected chi connectivity index (χ3v) is 6.06. The Morgan fingerprint density at radius 3 is 2.54 bits per heavy atom. The number of aliphatic imine (C=N–C) groups is 1. The van der Waals surface area contributed by atoms with Crippen LogP contribution in [0.2, 0.25) is 0 Å². The van der Waals surface area contributed by atoms with Crippen molar-refractivity contribution in [1.29, 1.82) is 0 Å². The lowest BCUT2D eigenvalue weighted by Gasteiger charge is -2.33. The minimum Gasteiger partial charge on any atom is -0.493 e. The number of benzene rings is 1. The van der Waals surface area contributed by atoms with Crippen LogP contribution in [0.4, 0.5) is 0 Å². The second kappa shape index (κ2) is 8.26. The van der Waals surface area contributed by atoms with Crippen molar-refractivity contribution in [1.82, 2.24) is 4.90 Å². The number of hydrogen-bond acceptors (Lipinski definition) is 7. The summed E-state index contributed by atoms with van der Waals surface area (Å²) >= 11 is 1.43. The first kappa shape index (κ1) is 20.3. The van der Waals surface area contributed by atoms with Gasteiger partial charge in [-0.15, -0.1) is 0 Å². The van der Waals surface area contributed by atoms with Gasteiger partial charge in [0.2, 0.25) is 5.91 Å². The van der Waals surface area contributed by atoms with Crippen molar-refractivity contribution in [3.63, 3.8) is 0 Å². The zero-order valence-electron chi connectivity index (χ0n) is 16.6. The Hall–Kier alpha value is -2.48. The topological polar surface area (TPSA) is 77.4 Å². The highest BCUT2D eigenvalue weighted by molar-refractivity contribution is 8.15. The minimum atomic E-state index is -0.622. The Kier molecular flexibility index (Phi) is 5.98. The molecule has 1 aromatic carbocycles. The molecule has 150 valence electrons. The van der Waals surface area contributed by atoms with Gasteiger partial charge < -0.3 is 14.2 Å². The molecule has 7 nitrogen and oxygen atoms in total. The van der Waals surface area contributed by atoms with Crippen molar-refractivity contribution < 1.29 is 23.8 Å². The summed E-state index contributed by atoms with van der Waals surface area (Å²) in [5.41, 5.74) is 1.66.